The van der Waals surface area contributed by atoms with Gasteiger partial charge in [0.25, 0.3) is 0 Å². The Morgan fingerprint density at radius 2 is 2.18 bits per heavy atom. The van der Waals surface area contributed by atoms with E-state index in [4.69, 9.17) is 28.4 Å². The van der Waals surface area contributed by atoms with Gasteiger partial charge in [-0.05, 0) is 12.1 Å². The molecule has 11 heavy (non-hydrogen) atoms. The van der Waals surface area contributed by atoms with Crippen molar-refractivity contribution in [3.63, 3.8) is 0 Å². The van der Waals surface area contributed by atoms with Crippen molar-refractivity contribution in [2.45, 2.75) is 0 Å². The Labute approximate surface area is 73.3 Å². The molecular weight excluding hydrogens is 187 g/mol. The highest BCUT2D eigenvalue weighted by Gasteiger charge is 1.98. The minimum Gasteiger partial charge on any atom is -0.411 e. The second-order valence-corrected chi connectivity index (χ2v) is 2.50. The standard InChI is InChI=1S/C6H4Cl2N2O/c7-5-2-1-4(3-9-11)6(8)10-5/h1-3,11H/b9-3+. The Kier molecular flexibility index (Phi) is 2.68. The van der Waals surface area contributed by atoms with Crippen LogP contribution in [-0.4, -0.2) is 16.4 Å². The minimum atomic E-state index is 0.218. The molecule has 0 amide bonds. The third kappa shape index (κ3) is 2.06. The Morgan fingerprint density at radius 3 is 2.73 bits per heavy atom. The number of pyridine rings is 1. The molecule has 0 aliphatic rings. The van der Waals surface area contributed by atoms with Crippen LogP contribution in [0.1, 0.15) is 5.56 Å². The maximum Gasteiger partial charge on any atom is 0.139 e. The normalized spacial score (nSPS) is 10.7. The zero-order valence-corrected chi connectivity index (χ0v) is 6.84. The summed E-state index contributed by atoms with van der Waals surface area (Å²) >= 11 is 11.1. The maximum atomic E-state index is 8.16. The Bertz CT molecular complexity index is 288. The molecule has 58 valence electrons. The first-order valence-electron chi connectivity index (χ1n) is 2.73. The topological polar surface area (TPSA) is 45.5 Å². The average Bonchev–Trinajstić information content (AvgIpc) is 1.95. The Morgan fingerprint density at radius 1 is 1.45 bits per heavy atom. The summed E-state index contributed by atoms with van der Waals surface area (Å²) in [5.74, 6) is 0. The van der Waals surface area contributed by atoms with Gasteiger partial charge < -0.3 is 5.21 Å². The SMILES string of the molecule is O/N=C/c1ccc(Cl)nc1Cl. The second-order valence-electron chi connectivity index (χ2n) is 1.76. The van der Waals surface area contributed by atoms with E-state index < -0.39 is 0 Å². The fraction of sp³-hybridized carbons (Fsp3) is 0. The van der Waals surface area contributed by atoms with Gasteiger partial charge in [-0.2, -0.15) is 0 Å². The number of halogens is 2. The minimum absolute atomic E-state index is 0.218. The molecule has 1 rings (SSSR count). The second kappa shape index (κ2) is 3.55. The van der Waals surface area contributed by atoms with Crippen LogP contribution in [0.3, 0.4) is 0 Å². The molecule has 1 N–H and O–H groups in total. The molecule has 5 heteroatoms. The van der Waals surface area contributed by atoms with Gasteiger partial charge in [0.1, 0.15) is 10.3 Å². The van der Waals surface area contributed by atoms with Crippen molar-refractivity contribution in [1.82, 2.24) is 4.98 Å². The zero-order chi connectivity index (χ0) is 8.27. The monoisotopic (exact) mass is 190 g/mol. The van der Waals surface area contributed by atoms with Gasteiger partial charge in [0.15, 0.2) is 0 Å². The van der Waals surface area contributed by atoms with Gasteiger partial charge >= 0.3 is 0 Å². The van der Waals surface area contributed by atoms with E-state index in [1.165, 1.54) is 6.21 Å². The summed E-state index contributed by atoms with van der Waals surface area (Å²) < 4.78 is 0. The van der Waals surface area contributed by atoms with Gasteiger partial charge in [0.05, 0.1) is 6.21 Å². The van der Waals surface area contributed by atoms with Crippen LogP contribution < -0.4 is 0 Å². The predicted octanol–water partition coefficient (Wildman–Crippen LogP) is 2.20. The Balaban J connectivity index is 3.09. The van der Waals surface area contributed by atoms with E-state index in [9.17, 15) is 0 Å². The molecule has 3 nitrogen and oxygen atoms in total. The van der Waals surface area contributed by atoms with Crippen LogP contribution in [0.5, 0.6) is 0 Å². The molecule has 1 aromatic rings. The summed E-state index contributed by atoms with van der Waals surface area (Å²) in [7, 11) is 0. The van der Waals surface area contributed by atoms with E-state index in [0.29, 0.717) is 10.7 Å². The van der Waals surface area contributed by atoms with E-state index in [2.05, 4.69) is 10.1 Å². The van der Waals surface area contributed by atoms with Crippen LogP contribution in [0.25, 0.3) is 0 Å². The molecule has 0 fully saturated rings. The van der Waals surface area contributed by atoms with Crippen molar-refractivity contribution in [2.75, 3.05) is 0 Å². The largest absolute Gasteiger partial charge is 0.411 e. The predicted molar refractivity (Wildman–Crippen MR) is 43.6 cm³/mol. The third-order valence-corrected chi connectivity index (χ3v) is 1.55. The highest BCUT2D eigenvalue weighted by atomic mass is 35.5. The highest BCUT2D eigenvalue weighted by molar-refractivity contribution is 6.34. The number of rotatable bonds is 1. The Hall–Kier alpha value is -0.800. The van der Waals surface area contributed by atoms with Crippen LogP contribution in [0.4, 0.5) is 0 Å². The summed E-state index contributed by atoms with van der Waals surface area (Å²) in [6, 6.07) is 3.17. The van der Waals surface area contributed by atoms with Crippen molar-refractivity contribution in [2.24, 2.45) is 5.16 Å². The van der Waals surface area contributed by atoms with Crippen LogP contribution in [0.2, 0.25) is 10.3 Å². The summed E-state index contributed by atoms with van der Waals surface area (Å²) in [5, 5.41) is 11.5. The van der Waals surface area contributed by atoms with Gasteiger partial charge in [-0.1, -0.05) is 28.4 Å². The molecule has 0 atom stereocenters. The zero-order valence-electron chi connectivity index (χ0n) is 5.33. The number of oxime groups is 1. The molecule has 1 heterocycles. The molecule has 0 aliphatic carbocycles. The molecule has 0 saturated heterocycles. The quantitative estimate of drug-likeness (QED) is 0.320. The summed E-state index contributed by atoms with van der Waals surface area (Å²) in [4.78, 5) is 3.72. The van der Waals surface area contributed by atoms with Crippen molar-refractivity contribution >= 4 is 29.4 Å². The first-order chi connectivity index (χ1) is 5.24. The molecule has 0 radical (unpaired) electrons. The van der Waals surface area contributed by atoms with Crippen LogP contribution >= 0.6 is 23.2 Å². The molecule has 0 aromatic carbocycles. The lowest BCUT2D eigenvalue weighted by molar-refractivity contribution is 0.322. The maximum absolute atomic E-state index is 8.16. The number of hydrogen-bond acceptors (Lipinski definition) is 3. The lowest BCUT2D eigenvalue weighted by Gasteiger charge is -1.94. The summed E-state index contributed by atoms with van der Waals surface area (Å²) in [5.41, 5.74) is 0.526. The van der Waals surface area contributed by atoms with Crippen LogP contribution in [0, 0.1) is 0 Å². The van der Waals surface area contributed by atoms with Crippen molar-refractivity contribution in [3.05, 3.63) is 28.0 Å². The number of nitrogens with zero attached hydrogens (tertiary/aromatic N) is 2. The summed E-state index contributed by atoms with van der Waals surface area (Å²) in [6.07, 6.45) is 1.19. The van der Waals surface area contributed by atoms with Crippen molar-refractivity contribution in [3.8, 4) is 0 Å². The molecule has 0 spiro atoms. The first-order valence-corrected chi connectivity index (χ1v) is 3.49. The van der Waals surface area contributed by atoms with Gasteiger partial charge in [-0.15, -0.1) is 0 Å². The van der Waals surface area contributed by atoms with E-state index in [-0.39, 0.29) is 5.15 Å². The molecule has 0 saturated carbocycles. The molecule has 0 bridgehead atoms. The average molecular weight is 191 g/mol. The fourth-order valence-electron chi connectivity index (χ4n) is 0.581. The van der Waals surface area contributed by atoms with Crippen LogP contribution in [-0.2, 0) is 0 Å². The number of hydrogen-bond donors (Lipinski definition) is 1. The van der Waals surface area contributed by atoms with E-state index in [0.717, 1.165) is 0 Å². The van der Waals surface area contributed by atoms with Gasteiger partial charge in [-0.3, -0.25) is 0 Å². The van der Waals surface area contributed by atoms with E-state index in [1.54, 1.807) is 12.1 Å². The van der Waals surface area contributed by atoms with E-state index >= 15 is 0 Å². The molecule has 0 aliphatic heterocycles. The molecule has 0 unspecified atom stereocenters. The highest BCUT2D eigenvalue weighted by Crippen LogP contribution is 2.14. The third-order valence-electron chi connectivity index (χ3n) is 1.04. The van der Waals surface area contributed by atoms with Crippen LogP contribution in [0.15, 0.2) is 17.3 Å². The molecular formula is C6H4Cl2N2O. The summed E-state index contributed by atoms with van der Waals surface area (Å²) in [6.45, 7) is 0. The van der Waals surface area contributed by atoms with Crippen molar-refractivity contribution < 1.29 is 5.21 Å². The fourth-order valence-corrected chi connectivity index (χ4v) is 0.975. The number of aromatic nitrogens is 1. The first kappa shape index (κ1) is 8.30. The lowest BCUT2D eigenvalue weighted by Crippen LogP contribution is -1.86. The van der Waals surface area contributed by atoms with Crippen molar-refractivity contribution in [1.29, 1.82) is 0 Å². The smallest absolute Gasteiger partial charge is 0.139 e. The van der Waals surface area contributed by atoms with Gasteiger partial charge in [-0.25, -0.2) is 4.98 Å². The lowest BCUT2D eigenvalue weighted by atomic mass is 10.3. The molecule has 1 aromatic heterocycles. The van der Waals surface area contributed by atoms with Gasteiger partial charge in [0.2, 0.25) is 0 Å². The van der Waals surface area contributed by atoms with Gasteiger partial charge in [0, 0.05) is 5.56 Å². The van der Waals surface area contributed by atoms with E-state index in [1.807, 2.05) is 0 Å².